The predicted molar refractivity (Wildman–Crippen MR) is 112 cm³/mol. The molecule has 2 aromatic carbocycles. The number of carbonyl (C=O) groups excluding carboxylic acids is 2. The third-order valence-electron chi connectivity index (χ3n) is 4.34. The molecular weight excluding hydrogens is 366 g/mol. The van der Waals surface area contributed by atoms with Crippen LogP contribution in [0.5, 0.6) is 5.75 Å². The summed E-state index contributed by atoms with van der Waals surface area (Å²) in [6.45, 7) is 4.69. The molecular formula is C23H24N3O3+. The normalized spacial score (nSPS) is 10.3. The van der Waals surface area contributed by atoms with Crippen LogP contribution >= 0.6 is 0 Å². The Balaban J connectivity index is 1.57. The summed E-state index contributed by atoms with van der Waals surface area (Å²) in [5.41, 5.74) is 2.84. The molecule has 0 saturated heterocycles. The number of rotatable bonds is 7. The van der Waals surface area contributed by atoms with E-state index in [1.54, 1.807) is 36.4 Å². The molecule has 0 bridgehead atoms. The zero-order chi connectivity index (χ0) is 20.6. The average Bonchev–Trinajstić information content (AvgIpc) is 2.72. The van der Waals surface area contributed by atoms with Crippen molar-refractivity contribution in [2.45, 2.75) is 20.4 Å². The van der Waals surface area contributed by atoms with Crippen LogP contribution in [-0.2, 0) is 11.3 Å². The van der Waals surface area contributed by atoms with Gasteiger partial charge in [0.2, 0.25) is 6.54 Å². The van der Waals surface area contributed by atoms with Crippen molar-refractivity contribution in [3.05, 3.63) is 84.2 Å². The monoisotopic (exact) mass is 390 g/mol. The van der Waals surface area contributed by atoms with Gasteiger partial charge in [-0.1, -0.05) is 6.07 Å². The Morgan fingerprint density at radius 1 is 0.897 bits per heavy atom. The molecule has 3 aromatic rings. The molecule has 1 heterocycles. The second kappa shape index (κ2) is 9.50. The number of benzene rings is 2. The highest BCUT2D eigenvalue weighted by atomic mass is 16.5. The Kier molecular flexibility index (Phi) is 6.58. The Morgan fingerprint density at radius 2 is 1.55 bits per heavy atom. The highest BCUT2D eigenvalue weighted by molar-refractivity contribution is 6.04. The van der Waals surface area contributed by atoms with Crippen LogP contribution in [-0.4, -0.2) is 18.4 Å². The summed E-state index contributed by atoms with van der Waals surface area (Å²) in [5.74, 6) is 0.410. The first kappa shape index (κ1) is 20.1. The van der Waals surface area contributed by atoms with Crippen LogP contribution in [0.25, 0.3) is 0 Å². The summed E-state index contributed by atoms with van der Waals surface area (Å²) in [6, 6.07) is 19.8. The Labute approximate surface area is 170 Å². The molecule has 0 spiro atoms. The zero-order valence-corrected chi connectivity index (χ0v) is 16.5. The lowest BCUT2D eigenvalue weighted by Crippen LogP contribution is -2.42. The molecule has 3 rings (SSSR count). The predicted octanol–water partition coefficient (Wildman–Crippen LogP) is 3.57. The quantitative estimate of drug-likeness (QED) is 0.606. The van der Waals surface area contributed by atoms with Crippen molar-refractivity contribution < 1.29 is 18.9 Å². The molecule has 0 unspecified atom stereocenters. The van der Waals surface area contributed by atoms with Gasteiger partial charge in [-0.2, -0.15) is 4.57 Å². The van der Waals surface area contributed by atoms with E-state index in [0.29, 0.717) is 23.5 Å². The Hall–Kier alpha value is -3.67. The lowest BCUT2D eigenvalue weighted by Gasteiger charge is -2.08. The molecule has 0 saturated carbocycles. The zero-order valence-electron chi connectivity index (χ0n) is 16.5. The molecule has 1 aromatic heterocycles. The van der Waals surface area contributed by atoms with E-state index in [-0.39, 0.29) is 18.4 Å². The van der Waals surface area contributed by atoms with Crippen LogP contribution in [0, 0.1) is 6.92 Å². The van der Waals surface area contributed by atoms with E-state index in [9.17, 15) is 9.59 Å². The number of carbonyl (C=O) groups is 2. The number of hydrogen-bond acceptors (Lipinski definition) is 3. The van der Waals surface area contributed by atoms with Gasteiger partial charge in [-0.15, -0.1) is 0 Å². The maximum atomic E-state index is 12.4. The molecule has 0 aliphatic rings. The molecule has 2 amide bonds. The lowest BCUT2D eigenvalue weighted by molar-refractivity contribution is -0.690. The van der Waals surface area contributed by atoms with Crippen molar-refractivity contribution in [2.24, 2.45) is 0 Å². The fraction of sp³-hybridized carbons (Fsp3) is 0.174. The first-order valence-electron chi connectivity index (χ1n) is 9.44. The average molecular weight is 390 g/mol. The molecule has 29 heavy (non-hydrogen) atoms. The van der Waals surface area contributed by atoms with E-state index in [4.69, 9.17) is 4.74 Å². The van der Waals surface area contributed by atoms with Crippen LogP contribution in [0.2, 0.25) is 0 Å². The highest BCUT2D eigenvalue weighted by Gasteiger charge is 2.12. The molecule has 0 radical (unpaired) electrons. The third-order valence-corrected chi connectivity index (χ3v) is 4.34. The van der Waals surface area contributed by atoms with Crippen molar-refractivity contribution in [3.63, 3.8) is 0 Å². The van der Waals surface area contributed by atoms with Gasteiger partial charge in [-0.25, -0.2) is 0 Å². The smallest absolute Gasteiger partial charge is 0.290 e. The van der Waals surface area contributed by atoms with E-state index >= 15 is 0 Å². The van der Waals surface area contributed by atoms with Crippen LogP contribution in [0.3, 0.4) is 0 Å². The fourth-order valence-electron chi connectivity index (χ4n) is 2.80. The van der Waals surface area contributed by atoms with Gasteiger partial charge in [-0.05, 0) is 55.5 Å². The standard InChI is InChI=1S/C23H23N3O3/c1-3-29-21-13-11-20(12-14-21)25-23(28)18-7-9-19(10-8-18)24-22(27)16-26-15-5-4-6-17(26)2/h4-15H,3,16H2,1-2H3,(H-,24,25,27,28)/p+1. The van der Waals surface area contributed by atoms with Crippen molar-refractivity contribution in [3.8, 4) is 5.75 Å². The van der Waals surface area contributed by atoms with Crippen LogP contribution in [0.1, 0.15) is 23.0 Å². The van der Waals surface area contributed by atoms with Gasteiger partial charge in [0, 0.05) is 36.0 Å². The molecule has 6 nitrogen and oxygen atoms in total. The summed E-state index contributed by atoms with van der Waals surface area (Å²) >= 11 is 0. The van der Waals surface area contributed by atoms with Gasteiger partial charge >= 0.3 is 0 Å². The van der Waals surface area contributed by atoms with Gasteiger partial charge in [0.15, 0.2) is 11.9 Å². The second-order valence-corrected chi connectivity index (χ2v) is 6.51. The van der Waals surface area contributed by atoms with Crippen molar-refractivity contribution in [1.82, 2.24) is 0 Å². The first-order chi connectivity index (χ1) is 14.0. The van der Waals surface area contributed by atoms with Gasteiger partial charge in [0.1, 0.15) is 5.75 Å². The summed E-state index contributed by atoms with van der Waals surface area (Å²) < 4.78 is 7.26. The summed E-state index contributed by atoms with van der Waals surface area (Å²) in [5, 5.41) is 5.69. The van der Waals surface area contributed by atoms with Gasteiger partial charge in [-0.3, -0.25) is 9.59 Å². The van der Waals surface area contributed by atoms with Crippen molar-refractivity contribution in [2.75, 3.05) is 17.2 Å². The molecule has 0 aliphatic carbocycles. The molecule has 148 valence electrons. The van der Waals surface area contributed by atoms with Gasteiger partial charge in [0.05, 0.1) is 6.61 Å². The number of aryl methyl sites for hydroxylation is 1. The highest BCUT2D eigenvalue weighted by Crippen LogP contribution is 2.17. The summed E-state index contributed by atoms with van der Waals surface area (Å²) in [7, 11) is 0. The number of nitrogens with zero attached hydrogens (tertiary/aromatic N) is 1. The lowest BCUT2D eigenvalue weighted by atomic mass is 10.2. The van der Waals surface area contributed by atoms with E-state index in [0.717, 1.165) is 11.4 Å². The number of nitrogens with one attached hydrogen (secondary N) is 2. The number of hydrogen-bond donors (Lipinski definition) is 2. The maximum Gasteiger partial charge on any atom is 0.290 e. The summed E-state index contributed by atoms with van der Waals surface area (Å²) in [4.78, 5) is 24.7. The SMILES string of the molecule is CCOc1ccc(NC(=O)c2ccc(NC(=O)C[n+]3ccccc3C)cc2)cc1. The fourth-order valence-corrected chi connectivity index (χ4v) is 2.80. The molecule has 0 fully saturated rings. The Bertz CT molecular complexity index is 983. The minimum atomic E-state index is -0.220. The number of aromatic nitrogens is 1. The second-order valence-electron chi connectivity index (χ2n) is 6.51. The summed E-state index contributed by atoms with van der Waals surface area (Å²) in [6.07, 6.45) is 1.86. The number of ether oxygens (including phenoxy) is 1. The molecule has 2 N–H and O–H groups in total. The molecule has 6 heteroatoms. The number of anilines is 2. The van der Waals surface area contributed by atoms with E-state index < -0.39 is 0 Å². The topological polar surface area (TPSA) is 71.3 Å². The van der Waals surface area contributed by atoms with E-state index in [1.807, 2.05) is 54.9 Å². The van der Waals surface area contributed by atoms with E-state index in [2.05, 4.69) is 10.6 Å². The molecule has 0 aliphatic heterocycles. The van der Waals surface area contributed by atoms with Crippen LogP contribution in [0.15, 0.2) is 72.9 Å². The maximum absolute atomic E-state index is 12.4. The largest absolute Gasteiger partial charge is 0.494 e. The van der Waals surface area contributed by atoms with Crippen LogP contribution < -0.4 is 19.9 Å². The van der Waals surface area contributed by atoms with Crippen molar-refractivity contribution in [1.29, 1.82) is 0 Å². The third kappa shape index (κ3) is 5.65. The number of pyridine rings is 1. The molecule has 0 atom stereocenters. The minimum Gasteiger partial charge on any atom is -0.494 e. The van der Waals surface area contributed by atoms with Crippen LogP contribution in [0.4, 0.5) is 11.4 Å². The minimum absolute atomic E-state index is 0.129. The van der Waals surface area contributed by atoms with E-state index in [1.165, 1.54) is 0 Å². The number of amides is 2. The Morgan fingerprint density at radius 3 is 2.21 bits per heavy atom. The first-order valence-corrected chi connectivity index (χ1v) is 9.44. The van der Waals surface area contributed by atoms with Gasteiger partial charge < -0.3 is 15.4 Å². The van der Waals surface area contributed by atoms with Crippen molar-refractivity contribution >= 4 is 23.2 Å². The van der Waals surface area contributed by atoms with Gasteiger partial charge in [0.25, 0.3) is 11.8 Å².